The van der Waals surface area contributed by atoms with Crippen molar-refractivity contribution < 1.29 is 0 Å². The number of rotatable bonds is 6. The van der Waals surface area contributed by atoms with Crippen LogP contribution in [0.1, 0.15) is 13.8 Å². The Hall–Kier alpha value is -1.90. The molecule has 2 N–H and O–H groups in total. The molecule has 0 atom stereocenters. The lowest BCUT2D eigenvalue weighted by molar-refractivity contribution is 0.783. The summed E-state index contributed by atoms with van der Waals surface area (Å²) in [4.78, 5) is 19.2. The number of hydrogen-bond acceptors (Lipinski definition) is 8. The molecule has 0 aliphatic heterocycles. The van der Waals surface area contributed by atoms with Crippen molar-refractivity contribution in [1.82, 2.24) is 30.1 Å². The second-order valence-corrected chi connectivity index (χ2v) is 4.51. The molecule has 9 heteroatoms. The van der Waals surface area contributed by atoms with Crippen molar-refractivity contribution in [2.24, 2.45) is 0 Å². The summed E-state index contributed by atoms with van der Waals surface area (Å²) in [6.07, 6.45) is 1.45. The Bertz CT molecular complexity index is 510. The van der Waals surface area contributed by atoms with Gasteiger partial charge in [0.25, 0.3) is 0 Å². The Kier molecular flexibility index (Phi) is 4.50. The predicted octanol–water partition coefficient (Wildman–Crippen LogP) is 1.03. The van der Waals surface area contributed by atoms with E-state index in [2.05, 4.69) is 54.2 Å². The molecule has 2 heterocycles. The molecule has 102 valence electrons. The topological polar surface area (TPSA) is 95.5 Å². The first-order valence-corrected chi connectivity index (χ1v) is 6.80. The first kappa shape index (κ1) is 13.5. The van der Waals surface area contributed by atoms with Crippen LogP contribution in [0.25, 0.3) is 0 Å². The van der Waals surface area contributed by atoms with Gasteiger partial charge in [-0.05, 0) is 25.6 Å². The van der Waals surface area contributed by atoms with Gasteiger partial charge >= 0.3 is 0 Å². The summed E-state index contributed by atoms with van der Waals surface area (Å²) in [6.45, 7) is 5.82. The first-order chi connectivity index (χ1) is 9.26. The maximum atomic E-state index is 4.44. The van der Waals surface area contributed by atoms with Gasteiger partial charge in [0, 0.05) is 20.1 Å². The SMILES string of the molecule is CCN(CC)c1nc(NC)nc(Sc2ncn[nH]2)n1. The van der Waals surface area contributed by atoms with E-state index in [1.54, 1.807) is 7.05 Å². The zero-order valence-electron chi connectivity index (χ0n) is 11.1. The van der Waals surface area contributed by atoms with Crippen LogP contribution in [0.4, 0.5) is 11.9 Å². The highest BCUT2D eigenvalue weighted by molar-refractivity contribution is 7.99. The van der Waals surface area contributed by atoms with Crippen LogP contribution in [0.2, 0.25) is 0 Å². The summed E-state index contributed by atoms with van der Waals surface area (Å²) < 4.78 is 0. The maximum absolute atomic E-state index is 4.44. The normalized spacial score (nSPS) is 10.5. The quantitative estimate of drug-likeness (QED) is 0.810. The fourth-order valence-corrected chi connectivity index (χ4v) is 2.11. The van der Waals surface area contributed by atoms with Gasteiger partial charge in [-0.3, -0.25) is 5.10 Å². The number of aromatic amines is 1. The largest absolute Gasteiger partial charge is 0.357 e. The fourth-order valence-electron chi connectivity index (χ4n) is 1.48. The zero-order chi connectivity index (χ0) is 13.7. The lowest BCUT2D eigenvalue weighted by Crippen LogP contribution is -2.25. The summed E-state index contributed by atoms with van der Waals surface area (Å²) in [5.74, 6) is 1.20. The summed E-state index contributed by atoms with van der Waals surface area (Å²) in [5, 5.41) is 10.7. The molecular formula is C10H16N8S. The first-order valence-electron chi connectivity index (χ1n) is 5.98. The monoisotopic (exact) mass is 280 g/mol. The smallest absolute Gasteiger partial charge is 0.231 e. The van der Waals surface area contributed by atoms with Gasteiger partial charge in [-0.2, -0.15) is 20.1 Å². The Balaban J connectivity index is 2.30. The Labute approximate surface area is 115 Å². The zero-order valence-corrected chi connectivity index (χ0v) is 11.9. The Morgan fingerprint density at radius 2 is 2.05 bits per heavy atom. The molecule has 19 heavy (non-hydrogen) atoms. The average Bonchev–Trinajstić information content (AvgIpc) is 2.93. The number of hydrogen-bond donors (Lipinski definition) is 2. The van der Waals surface area contributed by atoms with Crippen LogP contribution in [0.15, 0.2) is 16.6 Å². The van der Waals surface area contributed by atoms with Crippen molar-refractivity contribution in [2.45, 2.75) is 24.2 Å². The average molecular weight is 280 g/mol. The van der Waals surface area contributed by atoms with Gasteiger partial charge in [0.2, 0.25) is 17.1 Å². The van der Waals surface area contributed by atoms with E-state index in [-0.39, 0.29) is 0 Å². The summed E-state index contributed by atoms with van der Waals surface area (Å²) in [7, 11) is 1.78. The number of nitrogens with one attached hydrogen (secondary N) is 2. The van der Waals surface area contributed by atoms with Gasteiger partial charge in [0.05, 0.1) is 0 Å². The lowest BCUT2D eigenvalue weighted by atomic mass is 10.5. The Morgan fingerprint density at radius 3 is 2.63 bits per heavy atom. The molecule has 0 saturated carbocycles. The van der Waals surface area contributed by atoms with Crippen molar-refractivity contribution in [3.8, 4) is 0 Å². The molecule has 2 rings (SSSR count). The van der Waals surface area contributed by atoms with E-state index < -0.39 is 0 Å². The summed E-state index contributed by atoms with van der Waals surface area (Å²) in [5.41, 5.74) is 0. The molecule has 8 nitrogen and oxygen atoms in total. The lowest BCUT2D eigenvalue weighted by Gasteiger charge is -2.18. The van der Waals surface area contributed by atoms with Crippen molar-refractivity contribution >= 4 is 23.7 Å². The van der Waals surface area contributed by atoms with Crippen molar-refractivity contribution in [2.75, 3.05) is 30.4 Å². The van der Waals surface area contributed by atoms with Gasteiger partial charge in [-0.1, -0.05) is 0 Å². The third kappa shape index (κ3) is 3.31. The van der Waals surface area contributed by atoms with E-state index >= 15 is 0 Å². The van der Waals surface area contributed by atoms with Crippen LogP contribution < -0.4 is 10.2 Å². The molecule has 0 fully saturated rings. The second-order valence-electron chi connectivity index (χ2n) is 3.56. The highest BCUT2D eigenvalue weighted by atomic mass is 32.2. The number of anilines is 2. The molecule has 0 unspecified atom stereocenters. The van der Waals surface area contributed by atoms with Crippen LogP contribution in [0, 0.1) is 0 Å². The molecule has 0 saturated heterocycles. The fraction of sp³-hybridized carbons (Fsp3) is 0.500. The van der Waals surface area contributed by atoms with E-state index in [0.717, 1.165) is 13.1 Å². The molecule has 2 aromatic rings. The molecule has 0 radical (unpaired) electrons. The summed E-state index contributed by atoms with van der Waals surface area (Å²) in [6, 6.07) is 0. The van der Waals surface area contributed by atoms with Crippen LogP contribution >= 0.6 is 11.8 Å². The van der Waals surface area contributed by atoms with Crippen LogP contribution in [0.3, 0.4) is 0 Å². The minimum Gasteiger partial charge on any atom is -0.357 e. The Morgan fingerprint density at radius 1 is 1.26 bits per heavy atom. The van der Waals surface area contributed by atoms with Crippen LogP contribution in [-0.2, 0) is 0 Å². The molecule has 0 spiro atoms. The van der Waals surface area contributed by atoms with Crippen LogP contribution in [-0.4, -0.2) is 50.3 Å². The van der Waals surface area contributed by atoms with Gasteiger partial charge in [0.1, 0.15) is 6.33 Å². The number of H-pyrrole nitrogens is 1. The third-order valence-electron chi connectivity index (χ3n) is 2.45. The minimum atomic E-state index is 0.541. The molecule has 0 aliphatic carbocycles. The number of aromatic nitrogens is 6. The predicted molar refractivity (Wildman–Crippen MR) is 73.4 cm³/mol. The van der Waals surface area contributed by atoms with Gasteiger partial charge in [-0.15, -0.1) is 0 Å². The van der Waals surface area contributed by atoms with E-state index in [1.165, 1.54) is 18.1 Å². The molecule has 0 aromatic carbocycles. The summed E-state index contributed by atoms with van der Waals surface area (Å²) >= 11 is 1.32. The highest BCUT2D eigenvalue weighted by Gasteiger charge is 2.12. The second kappa shape index (κ2) is 6.32. The van der Waals surface area contributed by atoms with Crippen molar-refractivity contribution in [1.29, 1.82) is 0 Å². The van der Waals surface area contributed by atoms with Gasteiger partial charge in [-0.25, -0.2) is 4.98 Å². The molecule has 0 amide bonds. The van der Waals surface area contributed by atoms with Gasteiger partial charge in [0.15, 0.2) is 5.16 Å². The van der Waals surface area contributed by atoms with E-state index in [0.29, 0.717) is 22.2 Å². The molecule has 0 bridgehead atoms. The van der Waals surface area contributed by atoms with Crippen molar-refractivity contribution in [3.63, 3.8) is 0 Å². The molecule has 0 aliphatic rings. The van der Waals surface area contributed by atoms with Crippen molar-refractivity contribution in [3.05, 3.63) is 6.33 Å². The van der Waals surface area contributed by atoms with E-state index in [9.17, 15) is 0 Å². The molecule has 2 aromatic heterocycles. The maximum Gasteiger partial charge on any atom is 0.231 e. The van der Waals surface area contributed by atoms with E-state index in [1.807, 2.05) is 0 Å². The highest BCUT2D eigenvalue weighted by Crippen LogP contribution is 2.22. The molecular weight excluding hydrogens is 264 g/mol. The van der Waals surface area contributed by atoms with E-state index in [4.69, 9.17) is 0 Å². The van der Waals surface area contributed by atoms with Crippen LogP contribution in [0.5, 0.6) is 0 Å². The standard InChI is InChI=1S/C10H16N8S/c1-4-18(5-2)8-14-7(11-3)15-10(16-8)19-9-12-6-13-17-9/h6H,4-5H2,1-3H3,(H,12,13,17)(H,11,14,15,16). The van der Waals surface area contributed by atoms with Gasteiger partial charge < -0.3 is 10.2 Å². The number of nitrogens with zero attached hydrogens (tertiary/aromatic N) is 6. The third-order valence-corrected chi connectivity index (χ3v) is 3.21. The minimum absolute atomic E-state index is 0.541.